The van der Waals surface area contributed by atoms with Gasteiger partial charge in [0, 0.05) is 42.6 Å². The Balaban J connectivity index is 0.651. The number of aliphatic hydroxyl groups is 6. The molecule has 6 aliphatic heterocycles. The number of aromatic amines is 4. The van der Waals surface area contributed by atoms with Crippen LogP contribution in [0.3, 0.4) is 0 Å². The van der Waals surface area contributed by atoms with Gasteiger partial charge < -0.3 is 106 Å². The second-order valence-corrected chi connectivity index (χ2v) is 35.6. The maximum Gasteiger partial charge on any atom is 0.472 e. The fraction of sp³-hybridized carbons (Fsp3) is 0.542. The van der Waals surface area contributed by atoms with Gasteiger partial charge in [0.15, 0.2) is 58.7 Å². The molecule has 23 N–H and O–H groups in total. The van der Waals surface area contributed by atoms with Crippen molar-refractivity contribution in [3.8, 4) is 0 Å². The fourth-order valence-electron chi connectivity index (χ4n) is 14.3. The number of nitrogens with zero attached hydrogens (tertiary/aromatic N) is 14. The Morgan fingerprint density at radius 3 is 1.24 bits per heavy atom. The van der Waals surface area contributed by atoms with E-state index in [4.69, 9.17) is 96.6 Å². The SMILES string of the molecule is Cc1cn([C@H]2C[C@H](OP(=O)(O)OC[C@H]3O[C@@H](n4ccc(N)nc4=O)[C@H](O)[C@@H]3OP(=O)(O)OC[C@H]3O[C@@H](n4cc(C)c(=O)[nH]c4=O)C[C@@H]3OP(=O)(O)OC[C@H]3O[C@@H](n4cnc5c(N)ncnc54)[C@H](O)[C@@H]3OP(=O)(O)OC[C@H]3O[C@@H](n4cnc5c(=O)[nH]c(N)nc54)[C@H](O)[C@@H]3OP(=O)(O)OC[C@H]3O[C@@H](n4cnc5c(=O)[nH]c(N)nc54)[C@H](O)[C@@H]3O)[C@@H](CO)O2)c(=O)[nH]c1=O. The van der Waals surface area contributed by atoms with E-state index in [0.717, 1.165) is 72.8 Å². The molecule has 9 aromatic heterocycles. The minimum atomic E-state index is -5.92. The number of anilines is 4. The largest absolute Gasteiger partial charge is 0.472 e. The van der Waals surface area contributed by atoms with Crippen molar-refractivity contribution in [2.45, 2.75) is 162 Å². The van der Waals surface area contributed by atoms with Crippen molar-refractivity contribution in [1.82, 2.24) is 87.2 Å². The van der Waals surface area contributed by atoms with Gasteiger partial charge in [-0.2, -0.15) is 15.0 Å². The number of nitrogen functional groups attached to an aromatic ring is 4. The average Bonchev–Trinajstić information content (AvgIpc) is 1.60. The van der Waals surface area contributed by atoms with E-state index in [2.05, 4.69) is 54.8 Å². The zero-order chi connectivity index (χ0) is 89.7. The number of hydrogen-bond donors (Lipinski definition) is 19. The van der Waals surface area contributed by atoms with Gasteiger partial charge in [0.05, 0.1) is 58.6 Å². The normalized spacial score (nSPS) is 31.4. The number of rotatable bonds is 32. The van der Waals surface area contributed by atoms with Crippen LogP contribution in [0, 0.1) is 13.8 Å². The van der Waals surface area contributed by atoms with Crippen molar-refractivity contribution >= 4 is 96.1 Å². The molecule has 9 aromatic rings. The molecule has 6 fully saturated rings. The molecule has 61 nitrogen and oxygen atoms in total. The van der Waals surface area contributed by atoms with Gasteiger partial charge in [0.1, 0.15) is 128 Å². The number of phosphoric ester groups is 5. The van der Waals surface area contributed by atoms with E-state index in [0.29, 0.717) is 4.57 Å². The second-order valence-electron chi connectivity index (χ2n) is 28.6. The van der Waals surface area contributed by atoms with E-state index in [9.17, 15) is 111 Å². The third-order valence-corrected chi connectivity index (χ3v) is 25.2. The monoisotopic (exact) mass is 1870 g/mol. The zero-order valence-corrected chi connectivity index (χ0v) is 68.1. The molecule has 0 bridgehead atoms. The van der Waals surface area contributed by atoms with Gasteiger partial charge in [-0.25, -0.2) is 62.1 Å². The number of aryl methyl sites for hydroxylation is 2. The lowest BCUT2D eigenvalue weighted by molar-refractivity contribution is -0.0655. The van der Waals surface area contributed by atoms with E-state index < -0.39 is 277 Å². The molecule has 5 unspecified atom stereocenters. The summed E-state index contributed by atoms with van der Waals surface area (Å²) in [6, 6.07) is 1.07. The Morgan fingerprint density at radius 1 is 0.424 bits per heavy atom. The molecule has 0 aromatic carbocycles. The zero-order valence-electron chi connectivity index (χ0n) is 63.6. The number of H-pyrrole nitrogens is 4. The maximum absolute atomic E-state index is 14.5. The van der Waals surface area contributed by atoms with E-state index in [1.807, 2.05) is 4.98 Å². The first-order valence-corrected chi connectivity index (χ1v) is 44.0. The summed E-state index contributed by atoms with van der Waals surface area (Å²) in [5.74, 6) is -1.39. The van der Waals surface area contributed by atoms with Crippen molar-refractivity contribution < 1.29 is 152 Å². The summed E-state index contributed by atoms with van der Waals surface area (Å²) in [7, 11) is -28.7. The van der Waals surface area contributed by atoms with Crippen LogP contribution in [0.4, 0.5) is 23.5 Å². The third kappa shape index (κ3) is 18.9. The molecule has 0 aliphatic carbocycles. The van der Waals surface area contributed by atoms with E-state index in [-0.39, 0.29) is 56.7 Å². The van der Waals surface area contributed by atoms with E-state index in [1.54, 1.807) is 0 Å². The Bertz CT molecular complexity index is 6300. The molecule has 6 saturated heterocycles. The van der Waals surface area contributed by atoms with E-state index in [1.165, 1.54) is 13.8 Å². The third-order valence-electron chi connectivity index (χ3n) is 20.3. The van der Waals surface area contributed by atoms with Crippen LogP contribution in [0.5, 0.6) is 0 Å². The lowest BCUT2D eigenvalue weighted by atomic mass is 10.1. The fourth-order valence-corrected chi connectivity index (χ4v) is 19.2. The number of nitrogens with two attached hydrogens (primary N) is 4. The molecular weight excluding hydrogens is 1800 g/mol. The summed E-state index contributed by atoms with van der Waals surface area (Å²) in [5, 5.41) is 68.1. The van der Waals surface area contributed by atoms with Gasteiger partial charge in [-0.05, 0) is 19.9 Å². The number of hydrogen-bond acceptors (Lipinski definition) is 46. The van der Waals surface area contributed by atoms with Gasteiger partial charge >= 0.3 is 56.2 Å². The smallest absolute Gasteiger partial charge is 0.394 e. The van der Waals surface area contributed by atoms with Crippen LogP contribution >= 0.6 is 39.1 Å². The van der Waals surface area contributed by atoms with Gasteiger partial charge in [-0.15, -0.1) is 0 Å². The van der Waals surface area contributed by atoms with Crippen LogP contribution in [0.1, 0.15) is 61.3 Å². The van der Waals surface area contributed by atoms with Crippen molar-refractivity contribution in [2.75, 3.05) is 62.6 Å². The first-order chi connectivity index (χ1) is 58.9. The van der Waals surface area contributed by atoms with Crippen LogP contribution in [0.2, 0.25) is 0 Å². The summed E-state index contributed by atoms with van der Waals surface area (Å²) < 4.78 is 165. The molecule has 0 radical (unpaired) electrons. The number of aliphatic hydroxyl groups excluding tert-OH is 6. The minimum absolute atomic E-state index is 0.0605. The van der Waals surface area contributed by atoms with Crippen LogP contribution < -0.4 is 62.2 Å². The summed E-state index contributed by atoms with van der Waals surface area (Å²) in [4.78, 5) is 187. The minimum Gasteiger partial charge on any atom is -0.394 e. The van der Waals surface area contributed by atoms with Crippen LogP contribution in [-0.2, 0) is 96.5 Å². The quantitative estimate of drug-likeness (QED) is 0.0174. The van der Waals surface area contributed by atoms with Gasteiger partial charge in [-0.1, -0.05) is 0 Å². The molecule has 15 rings (SSSR count). The summed E-state index contributed by atoms with van der Waals surface area (Å²) >= 11 is 0. The molecule has 0 amide bonds. The number of aromatic nitrogens is 18. The molecular formula is C59H75N22O39P5. The van der Waals surface area contributed by atoms with Gasteiger partial charge in [0.25, 0.3) is 22.2 Å². The summed E-state index contributed by atoms with van der Waals surface area (Å²) in [5.41, 5.74) is 15.1. The van der Waals surface area contributed by atoms with Crippen molar-refractivity contribution in [3.05, 3.63) is 134 Å². The Morgan fingerprint density at radius 2 is 0.800 bits per heavy atom. The predicted octanol–water partition coefficient (Wildman–Crippen LogP) is -7.13. The highest BCUT2D eigenvalue weighted by atomic mass is 31.2. The Hall–Kier alpha value is -9.24. The lowest BCUT2D eigenvalue weighted by Crippen LogP contribution is -2.38. The molecule has 15 heterocycles. The Kier molecular flexibility index (Phi) is 25.4. The molecule has 66 heteroatoms. The van der Waals surface area contributed by atoms with Crippen molar-refractivity contribution in [3.63, 3.8) is 0 Å². The second kappa shape index (κ2) is 35.1. The van der Waals surface area contributed by atoms with Crippen LogP contribution in [0.15, 0.2) is 83.5 Å². The number of imidazole rings is 3. The summed E-state index contributed by atoms with van der Waals surface area (Å²) in [6.45, 7) is -4.57. The maximum atomic E-state index is 14.5. The van der Waals surface area contributed by atoms with Crippen LogP contribution in [0.25, 0.3) is 33.5 Å². The highest BCUT2D eigenvalue weighted by Gasteiger charge is 2.57. The first-order valence-electron chi connectivity index (χ1n) is 36.5. The van der Waals surface area contributed by atoms with Gasteiger partial charge in [-0.3, -0.25) is 112 Å². The average molecular weight is 1870 g/mol. The topological polar surface area (TPSA) is 875 Å². The van der Waals surface area contributed by atoms with Crippen molar-refractivity contribution in [2.24, 2.45) is 0 Å². The highest BCUT2D eigenvalue weighted by Crippen LogP contribution is 2.57. The molecule has 0 spiro atoms. The molecule has 6 aliphatic rings. The number of fused-ring (bicyclic) bond motifs is 3. The molecule has 27 atom stereocenters. The number of phosphoric acid groups is 5. The number of ether oxygens (including phenoxy) is 6. The first kappa shape index (κ1) is 90.5. The van der Waals surface area contributed by atoms with E-state index >= 15 is 0 Å². The summed E-state index contributed by atoms with van der Waals surface area (Å²) in [6.07, 6.45) is -36.5. The molecule has 0 saturated carbocycles. The predicted molar refractivity (Wildman–Crippen MR) is 403 cm³/mol. The highest BCUT2D eigenvalue weighted by molar-refractivity contribution is 7.48. The van der Waals surface area contributed by atoms with Crippen molar-refractivity contribution in [1.29, 1.82) is 0 Å². The Labute approximate surface area is 690 Å². The molecule has 680 valence electrons. The standard InChI is InChI=1S/C59H75N22O39P5/c1-19-7-77(58(93)74-47(19)88)30-5-21(23(9-82)110-30)116-121(95,96)107-12-26-40(37(85)52(113-26)76-4-3-29(60)69-57(76)92)118-123(99,100)105-10-24-22(6-31(111-24)78-8-20(2)48(89)75-59(78)94)117-122(97,98)108-13-27-41(38(86)53(114-27)79-16-66-32-43(61)64-15-65-44(32)79)120-125(103,104)109-14-28-42(39(87)54(115-28)81-18-68-34-46(81)71-56(63)73-50(34)91)119-124(101,102)106-11-25-35(83)36(84)51(112-25)80-17-67-33-45(80)70-55(62)72-49(33)90/h3-4,7-8,15-18,21-28,30-31,35-42,51-54,82-87H,5-6,9-14H2,1-2H3,(H,95,96)(H,97,98)(H,99,100)(H,101,102)(H,103,104)(H2,60,69,92)(H2,61,64,65)(H,74,88,93)(H,75,89,94)(H3,62,70,72,90)(H3,63,71,73,91)/t21-,22-,23+,24+,25+,26+,27+,28+,30+,31+,35+,36+,37+,38+,39+,40+,41+,42+,51+,52+,53+,54+/m0/s1. The number of nitrogens with one attached hydrogen (secondary N) is 4. The molecule has 125 heavy (non-hydrogen) atoms. The van der Waals surface area contributed by atoms with Gasteiger partial charge in [0.2, 0.25) is 11.9 Å². The van der Waals surface area contributed by atoms with Crippen LogP contribution in [-0.4, -0.2) is 280 Å². The lowest BCUT2D eigenvalue weighted by Gasteiger charge is -2.26.